The predicted octanol–water partition coefficient (Wildman–Crippen LogP) is 1.73. The van der Waals surface area contributed by atoms with E-state index in [0.717, 1.165) is 12.8 Å². The minimum Gasteiger partial charge on any atom is -0.760 e. The lowest BCUT2D eigenvalue weighted by Crippen LogP contribution is -2.27. The van der Waals surface area contributed by atoms with Crippen LogP contribution in [0.15, 0.2) is 0 Å². The van der Waals surface area contributed by atoms with Gasteiger partial charge in [0.25, 0.3) is 0 Å². The Labute approximate surface area is 77.4 Å². The fourth-order valence-corrected chi connectivity index (χ4v) is 1.55. The molecule has 2 unspecified atom stereocenters. The van der Waals surface area contributed by atoms with Gasteiger partial charge >= 0.3 is 0 Å². The molecule has 0 amide bonds. The lowest BCUT2D eigenvalue weighted by molar-refractivity contribution is 0.490. The van der Waals surface area contributed by atoms with Crippen LogP contribution in [0.4, 0.5) is 0 Å². The van der Waals surface area contributed by atoms with Gasteiger partial charge in [-0.3, -0.25) is 4.21 Å². The number of nitrogens with one attached hydrogen (secondary N) is 1. The second kappa shape index (κ2) is 7.71. The Hall–Kier alpha value is 0.0700. The summed E-state index contributed by atoms with van der Waals surface area (Å²) in [7, 11) is 0. The molecule has 0 aliphatic carbocycles. The fourth-order valence-electron chi connectivity index (χ4n) is 1.10. The molecule has 4 heteroatoms. The molecule has 0 saturated heterocycles. The van der Waals surface area contributed by atoms with E-state index in [4.69, 9.17) is 0 Å². The van der Waals surface area contributed by atoms with Crippen LogP contribution < -0.4 is 4.72 Å². The molecule has 0 aromatic heterocycles. The molecular weight excluding hydrogens is 174 g/mol. The van der Waals surface area contributed by atoms with Crippen LogP contribution in [0.3, 0.4) is 0 Å². The van der Waals surface area contributed by atoms with Gasteiger partial charge in [0.15, 0.2) is 0 Å². The van der Waals surface area contributed by atoms with E-state index in [2.05, 4.69) is 11.6 Å². The zero-order valence-electron chi connectivity index (χ0n) is 7.84. The Kier molecular flexibility index (Phi) is 7.75. The van der Waals surface area contributed by atoms with Crippen LogP contribution in [0.2, 0.25) is 0 Å². The number of hydrogen-bond acceptors (Lipinski definition) is 2. The third-order valence-electron chi connectivity index (χ3n) is 1.79. The first-order chi connectivity index (χ1) is 5.66. The average molecular weight is 192 g/mol. The van der Waals surface area contributed by atoms with Gasteiger partial charge in [-0.1, -0.05) is 32.6 Å². The second-order valence-corrected chi connectivity index (χ2v) is 3.81. The molecule has 0 spiro atoms. The Bertz CT molecular complexity index is 130. The molecule has 0 rings (SSSR count). The SMILES string of the molecule is CCCCCCC(C)NS(=O)[O-]. The molecule has 2 atom stereocenters. The molecule has 3 nitrogen and oxygen atoms in total. The quantitative estimate of drug-likeness (QED) is 0.493. The minimum absolute atomic E-state index is 0.0835. The van der Waals surface area contributed by atoms with Crippen LogP contribution in [0.25, 0.3) is 0 Å². The van der Waals surface area contributed by atoms with Crippen molar-refractivity contribution in [2.24, 2.45) is 0 Å². The van der Waals surface area contributed by atoms with Crippen LogP contribution >= 0.6 is 0 Å². The van der Waals surface area contributed by atoms with Crippen LogP contribution in [0, 0.1) is 0 Å². The van der Waals surface area contributed by atoms with E-state index >= 15 is 0 Å². The van der Waals surface area contributed by atoms with Crippen molar-refractivity contribution in [1.29, 1.82) is 0 Å². The average Bonchev–Trinajstić information content (AvgIpc) is 1.97. The Morgan fingerprint density at radius 1 is 1.42 bits per heavy atom. The van der Waals surface area contributed by atoms with Crippen molar-refractivity contribution in [3.05, 3.63) is 0 Å². The van der Waals surface area contributed by atoms with E-state index in [-0.39, 0.29) is 6.04 Å². The highest BCUT2D eigenvalue weighted by atomic mass is 32.2. The highest BCUT2D eigenvalue weighted by molar-refractivity contribution is 7.77. The van der Waals surface area contributed by atoms with Crippen molar-refractivity contribution in [2.75, 3.05) is 0 Å². The molecule has 0 aromatic rings. The topological polar surface area (TPSA) is 52.2 Å². The Balaban J connectivity index is 3.19. The van der Waals surface area contributed by atoms with E-state index in [1.54, 1.807) is 0 Å². The van der Waals surface area contributed by atoms with Gasteiger partial charge < -0.3 is 4.55 Å². The van der Waals surface area contributed by atoms with Gasteiger partial charge in [0.05, 0.1) is 0 Å². The maximum absolute atomic E-state index is 10.2. The van der Waals surface area contributed by atoms with Crippen LogP contribution in [0.5, 0.6) is 0 Å². The zero-order valence-corrected chi connectivity index (χ0v) is 8.65. The van der Waals surface area contributed by atoms with Gasteiger partial charge in [0.2, 0.25) is 0 Å². The summed E-state index contributed by atoms with van der Waals surface area (Å²) in [5.41, 5.74) is 0. The molecule has 0 aliphatic heterocycles. The van der Waals surface area contributed by atoms with E-state index < -0.39 is 11.3 Å². The van der Waals surface area contributed by atoms with Crippen molar-refractivity contribution in [2.45, 2.75) is 52.0 Å². The maximum Gasteiger partial charge on any atom is 0.0183 e. The van der Waals surface area contributed by atoms with Crippen molar-refractivity contribution in [3.63, 3.8) is 0 Å². The highest BCUT2D eigenvalue weighted by Gasteiger charge is 1.99. The molecule has 0 bridgehead atoms. The molecule has 1 N–H and O–H groups in total. The van der Waals surface area contributed by atoms with Crippen LogP contribution in [-0.4, -0.2) is 14.8 Å². The Morgan fingerprint density at radius 2 is 2.08 bits per heavy atom. The summed E-state index contributed by atoms with van der Waals surface area (Å²) in [6.07, 6.45) is 5.71. The monoisotopic (exact) mass is 192 g/mol. The summed E-state index contributed by atoms with van der Waals surface area (Å²) in [6, 6.07) is 0.0835. The summed E-state index contributed by atoms with van der Waals surface area (Å²) < 4.78 is 22.8. The fraction of sp³-hybridized carbons (Fsp3) is 1.00. The van der Waals surface area contributed by atoms with Gasteiger partial charge in [-0.2, -0.15) is 0 Å². The first kappa shape index (κ1) is 12.1. The highest BCUT2D eigenvalue weighted by Crippen LogP contribution is 2.04. The van der Waals surface area contributed by atoms with E-state index in [1.165, 1.54) is 19.3 Å². The number of unbranched alkanes of at least 4 members (excludes halogenated alkanes) is 3. The zero-order chi connectivity index (χ0) is 9.40. The van der Waals surface area contributed by atoms with Gasteiger partial charge in [-0.25, -0.2) is 4.72 Å². The lowest BCUT2D eigenvalue weighted by atomic mass is 10.1. The van der Waals surface area contributed by atoms with E-state index in [9.17, 15) is 8.76 Å². The summed E-state index contributed by atoms with van der Waals surface area (Å²) in [6.45, 7) is 4.05. The van der Waals surface area contributed by atoms with Crippen LogP contribution in [-0.2, 0) is 11.3 Å². The van der Waals surface area contributed by atoms with Crippen LogP contribution in [0.1, 0.15) is 46.0 Å². The normalized spacial score (nSPS) is 15.9. The maximum atomic E-state index is 10.2. The van der Waals surface area contributed by atoms with Crippen molar-refractivity contribution >= 4 is 11.3 Å². The summed E-state index contributed by atoms with van der Waals surface area (Å²) in [5.74, 6) is 0. The molecule has 0 fully saturated rings. The molecule has 74 valence electrons. The summed E-state index contributed by atoms with van der Waals surface area (Å²) in [5, 5.41) is 0. The second-order valence-electron chi connectivity index (χ2n) is 3.10. The molecule has 0 radical (unpaired) electrons. The molecule has 0 aromatic carbocycles. The number of rotatable bonds is 7. The Morgan fingerprint density at radius 3 is 2.58 bits per heavy atom. The van der Waals surface area contributed by atoms with Gasteiger partial charge in [0.1, 0.15) is 0 Å². The smallest absolute Gasteiger partial charge is 0.0183 e. The molecular formula is C8H18NO2S-. The summed E-state index contributed by atoms with van der Waals surface area (Å²) >= 11 is -2.10. The molecule has 0 saturated carbocycles. The first-order valence-electron chi connectivity index (χ1n) is 4.52. The van der Waals surface area contributed by atoms with E-state index in [0.29, 0.717) is 0 Å². The van der Waals surface area contributed by atoms with Gasteiger partial charge in [-0.05, 0) is 13.3 Å². The lowest BCUT2D eigenvalue weighted by Gasteiger charge is -2.14. The van der Waals surface area contributed by atoms with Gasteiger partial charge in [-0.15, -0.1) is 0 Å². The third-order valence-corrected chi connectivity index (χ3v) is 2.38. The molecule has 12 heavy (non-hydrogen) atoms. The molecule has 0 aliphatic rings. The first-order valence-corrected chi connectivity index (χ1v) is 5.59. The van der Waals surface area contributed by atoms with Crippen molar-refractivity contribution < 1.29 is 8.76 Å². The van der Waals surface area contributed by atoms with Crippen molar-refractivity contribution in [1.82, 2.24) is 4.72 Å². The summed E-state index contributed by atoms with van der Waals surface area (Å²) in [4.78, 5) is 0. The largest absolute Gasteiger partial charge is 0.760 e. The predicted molar refractivity (Wildman–Crippen MR) is 50.3 cm³/mol. The van der Waals surface area contributed by atoms with Gasteiger partial charge in [0, 0.05) is 17.3 Å². The van der Waals surface area contributed by atoms with E-state index in [1.807, 2.05) is 6.92 Å². The van der Waals surface area contributed by atoms with Crippen molar-refractivity contribution in [3.8, 4) is 0 Å². The standard InChI is InChI=1S/C8H19NO2S/c1-3-4-5-6-7-8(2)9-12(10)11/h8-9H,3-7H2,1-2H3,(H,10,11)/p-1. The third kappa shape index (κ3) is 8.17. The number of hydrogen-bond donors (Lipinski definition) is 1. The minimum atomic E-state index is -2.10. The molecule has 0 heterocycles.